The van der Waals surface area contributed by atoms with Crippen LogP contribution >= 0.6 is 11.3 Å². The maximum Gasteiger partial charge on any atom is 0.326 e. The molecule has 1 fully saturated rings. The number of hydrogen-bond donors (Lipinski definition) is 3. The van der Waals surface area contributed by atoms with E-state index < -0.39 is 25.9 Å². The summed E-state index contributed by atoms with van der Waals surface area (Å²) < 4.78 is 48.7. The highest BCUT2D eigenvalue weighted by molar-refractivity contribution is 7.93. The van der Waals surface area contributed by atoms with Gasteiger partial charge >= 0.3 is 6.03 Å². The van der Waals surface area contributed by atoms with Crippen LogP contribution in [0.15, 0.2) is 22.5 Å². The molecule has 0 spiro atoms. The second-order valence-corrected chi connectivity index (χ2v) is 12.5. The molecule has 174 valence electrons. The Bertz CT molecular complexity index is 1230. The fourth-order valence-electron chi connectivity index (χ4n) is 3.34. The minimum atomic E-state index is -3.71. The molecule has 0 bridgehead atoms. The van der Waals surface area contributed by atoms with Crippen LogP contribution in [0.4, 0.5) is 15.7 Å². The van der Waals surface area contributed by atoms with E-state index in [1.807, 2.05) is 0 Å². The van der Waals surface area contributed by atoms with Crippen LogP contribution in [-0.2, 0) is 26.4 Å². The normalized spacial score (nSPS) is 14.9. The van der Waals surface area contributed by atoms with E-state index in [1.54, 1.807) is 12.1 Å². The summed E-state index contributed by atoms with van der Waals surface area (Å²) in [6.45, 7) is -0.346. The molecule has 1 saturated carbocycles. The molecule has 11 nitrogen and oxygen atoms in total. The fraction of sp³-hybridized carbons (Fsp3) is 0.444. The highest BCUT2D eigenvalue weighted by Crippen LogP contribution is 2.30. The second-order valence-electron chi connectivity index (χ2n) is 7.44. The van der Waals surface area contributed by atoms with Gasteiger partial charge in [0.25, 0.3) is 0 Å². The Morgan fingerprint density at radius 3 is 2.44 bits per heavy atom. The number of carbonyl (C=O) groups excluding carboxylic acids is 2. The standard InChI is InChI=1S/C18H23N5O6S3/c1-31(26,27)16-13(10-20-32(2,28)29)21-18(30-16)23-17(25)22-15-12(8-5-9-19-15)14(24)11-6-3-4-7-11/h5,8-9,11,20H,3-4,6-7,10H2,1-2H3,(H2,19,21,22,23,25). The van der Waals surface area contributed by atoms with E-state index in [-0.39, 0.29) is 39.1 Å². The Balaban J connectivity index is 1.77. The van der Waals surface area contributed by atoms with Crippen molar-refractivity contribution >= 4 is 54.0 Å². The monoisotopic (exact) mass is 501 g/mol. The van der Waals surface area contributed by atoms with Crippen LogP contribution in [0, 0.1) is 5.92 Å². The molecule has 1 aliphatic rings. The Labute approximate surface area is 190 Å². The molecule has 14 heteroatoms. The molecule has 0 radical (unpaired) electrons. The number of nitrogens with zero attached hydrogens (tertiary/aromatic N) is 2. The van der Waals surface area contributed by atoms with Gasteiger partial charge in [0.1, 0.15) is 10.0 Å². The van der Waals surface area contributed by atoms with Crippen molar-refractivity contribution < 1.29 is 26.4 Å². The fourth-order valence-corrected chi connectivity index (χ4v) is 5.84. The number of aromatic nitrogens is 2. The summed E-state index contributed by atoms with van der Waals surface area (Å²) in [7, 11) is -7.29. The van der Waals surface area contributed by atoms with Crippen LogP contribution in [0.25, 0.3) is 0 Å². The van der Waals surface area contributed by atoms with E-state index in [0.29, 0.717) is 16.9 Å². The minimum absolute atomic E-state index is 0.0341. The zero-order valence-electron chi connectivity index (χ0n) is 17.4. The summed E-state index contributed by atoms with van der Waals surface area (Å²) >= 11 is 0.694. The highest BCUT2D eigenvalue weighted by atomic mass is 32.2. The molecular formula is C18H23N5O6S3. The van der Waals surface area contributed by atoms with Crippen LogP contribution in [0.3, 0.4) is 0 Å². The van der Waals surface area contributed by atoms with Crippen molar-refractivity contribution in [3.63, 3.8) is 0 Å². The molecule has 0 aromatic carbocycles. The first-order chi connectivity index (χ1) is 14.9. The number of pyridine rings is 1. The number of sulfone groups is 1. The van der Waals surface area contributed by atoms with Gasteiger partial charge in [-0.2, -0.15) is 0 Å². The lowest BCUT2D eigenvalue weighted by molar-refractivity contribution is 0.0923. The number of anilines is 2. The number of nitrogens with one attached hydrogen (secondary N) is 3. The van der Waals surface area contributed by atoms with Crippen molar-refractivity contribution in [2.75, 3.05) is 23.1 Å². The smallest absolute Gasteiger partial charge is 0.294 e. The minimum Gasteiger partial charge on any atom is -0.294 e. The molecule has 2 heterocycles. The molecule has 2 aromatic rings. The number of sulfonamides is 1. The molecule has 1 aliphatic carbocycles. The van der Waals surface area contributed by atoms with E-state index in [1.165, 1.54) is 6.20 Å². The molecule has 0 unspecified atom stereocenters. The Morgan fingerprint density at radius 2 is 1.81 bits per heavy atom. The average Bonchev–Trinajstić information content (AvgIpc) is 3.35. The number of rotatable bonds is 8. The first kappa shape index (κ1) is 24.2. The predicted molar refractivity (Wildman–Crippen MR) is 120 cm³/mol. The van der Waals surface area contributed by atoms with Gasteiger partial charge < -0.3 is 0 Å². The summed E-state index contributed by atoms with van der Waals surface area (Å²) in [5.74, 6) is -0.0709. The lowest BCUT2D eigenvalue weighted by Gasteiger charge is -2.12. The van der Waals surface area contributed by atoms with Gasteiger partial charge in [-0.05, 0) is 25.0 Å². The van der Waals surface area contributed by atoms with E-state index in [4.69, 9.17) is 0 Å². The zero-order chi connectivity index (χ0) is 23.5. The Hall–Kier alpha value is -2.42. The van der Waals surface area contributed by atoms with Crippen LogP contribution in [0.1, 0.15) is 41.7 Å². The van der Waals surface area contributed by atoms with Crippen molar-refractivity contribution in [3.05, 3.63) is 29.6 Å². The molecule has 3 rings (SSSR count). The van der Waals surface area contributed by atoms with Gasteiger partial charge in [-0.15, -0.1) is 0 Å². The number of hydrogen-bond acceptors (Lipinski definition) is 9. The van der Waals surface area contributed by atoms with Crippen molar-refractivity contribution in [2.45, 2.75) is 36.4 Å². The van der Waals surface area contributed by atoms with Gasteiger partial charge in [-0.1, -0.05) is 24.2 Å². The van der Waals surface area contributed by atoms with Crippen molar-refractivity contribution in [3.8, 4) is 0 Å². The van der Waals surface area contributed by atoms with Crippen LogP contribution in [0.5, 0.6) is 0 Å². The number of ketones is 1. The Morgan fingerprint density at radius 1 is 1.12 bits per heavy atom. The van der Waals surface area contributed by atoms with Crippen LogP contribution < -0.4 is 15.4 Å². The van der Waals surface area contributed by atoms with Gasteiger partial charge in [0.15, 0.2) is 20.8 Å². The van der Waals surface area contributed by atoms with Gasteiger partial charge in [-0.3, -0.25) is 15.4 Å². The third kappa shape index (κ3) is 6.31. The quantitative estimate of drug-likeness (QED) is 0.462. The topological polar surface area (TPSA) is 164 Å². The van der Waals surface area contributed by atoms with E-state index in [0.717, 1.165) is 38.2 Å². The Kier molecular flexibility index (Phi) is 7.27. The number of urea groups is 1. The molecule has 0 aliphatic heterocycles. The third-order valence-corrected chi connectivity index (χ3v) is 8.30. The predicted octanol–water partition coefficient (Wildman–Crippen LogP) is 2.01. The van der Waals surface area contributed by atoms with E-state index >= 15 is 0 Å². The van der Waals surface area contributed by atoms with Gasteiger partial charge in [0.2, 0.25) is 10.0 Å². The lowest BCUT2D eigenvalue weighted by atomic mass is 9.97. The third-order valence-electron chi connectivity index (χ3n) is 4.75. The number of Topliss-reactive ketones (excluding diaryl/α,β-unsaturated/α-hetero) is 1. The molecule has 3 N–H and O–H groups in total. The summed E-state index contributed by atoms with van der Waals surface area (Å²) in [5.41, 5.74) is 0.275. The van der Waals surface area contributed by atoms with Crippen LogP contribution in [0.2, 0.25) is 0 Å². The average molecular weight is 502 g/mol. The SMILES string of the molecule is CS(=O)(=O)NCc1nc(NC(=O)Nc2ncccc2C(=O)C2CCCC2)sc1S(C)(=O)=O. The van der Waals surface area contributed by atoms with Gasteiger partial charge in [0.05, 0.1) is 24.1 Å². The molecular weight excluding hydrogens is 478 g/mol. The molecule has 2 amide bonds. The maximum atomic E-state index is 12.8. The van der Waals surface area contributed by atoms with Crippen molar-refractivity contribution in [1.82, 2.24) is 14.7 Å². The van der Waals surface area contributed by atoms with Gasteiger partial charge in [0, 0.05) is 18.4 Å². The van der Waals surface area contributed by atoms with Crippen molar-refractivity contribution in [1.29, 1.82) is 0 Å². The highest BCUT2D eigenvalue weighted by Gasteiger charge is 2.27. The molecule has 2 aromatic heterocycles. The second kappa shape index (κ2) is 9.60. The number of amides is 2. The van der Waals surface area contributed by atoms with E-state index in [9.17, 15) is 26.4 Å². The molecule has 32 heavy (non-hydrogen) atoms. The largest absolute Gasteiger partial charge is 0.326 e. The molecule has 0 atom stereocenters. The summed E-state index contributed by atoms with van der Waals surface area (Å²) in [4.78, 5) is 33.4. The summed E-state index contributed by atoms with van der Waals surface area (Å²) in [6, 6.07) is 2.45. The number of carbonyl (C=O) groups is 2. The first-order valence-corrected chi connectivity index (χ1v) is 14.3. The van der Waals surface area contributed by atoms with Crippen LogP contribution in [-0.4, -0.2) is 51.1 Å². The maximum absolute atomic E-state index is 12.8. The lowest BCUT2D eigenvalue weighted by Crippen LogP contribution is -2.23. The van der Waals surface area contributed by atoms with Gasteiger partial charge in [-0.25, -0.2) is 36.3 Å². The van der Waals surface area contributed by atoms with Crippen molar-refractivity contribution in [2.24, 2.45) is 5.92 Å². The summed E-state index contributed by atoms with van der Waals surface area (Å²) in [5, 5.41) is 4.88. The first-order valence-electron chi connectivity index (χ1n) is 9.65. The molecule has 0 saturated heterocycles. The number of thiazole rings is 1. The zero-order valence-corrected chi connectivity index (χ0v) is 19.9. The summed E-state index contributed by atoms with van der Waals surface area (Å²) in [6.07, 6.45) is 6.92. The van der Waals surface area contributed by atoms with E-state index in [2.05, 4.69) is 25.3 Å².